The number of benzene rings is 1. The third-order valence-electron chi connectivity index (χ3n) is 2.27. The highest BCUT2D eigenvalue weighted by Crippen LogP contribution is 2.21. The summed E-state index contributed by atoms with van der Waals surface area (Å²) in [7, 11) is 1.54. The predicted molar refractivity (Wildman–Crippen MR) is 66.3 cm³/mol. The third-order valence-corrected chi connectivity index (χ3v) is 2.27. The summed E-state index contributed by atoms with van der Waals surface area (Å²) in [4.78, 5) is 12.9. The summed E-state index contributed by atoms with van der Waals surface area (Å²) in [6.07, 6.45) is 0. The second kappa shape index (κ2) is 6.80. The Balaban J connectivity index is 2.68. The number of hydrogen-bond donors (Lipinski definition) is 2. The first-order chi connectivity index (χ1) is 8.58. The van der Waals surface area contributed by atoms with Crippen LogP contribution >= 0.6 is 0 Å². The molecule has 2 amide bonds. The van der Waals surface area contributed by atoms with Crippen LogP contribution in [-0.2, 0) is 0 Å². The van der Waals surface area contributed by atoms with Gasteiger partial charge in [0.25, 0.3) is 0 Å². The normalized spacial score (nSPS) is 10.0. The van der Waals surface area contributed by atoms with Crippen molar-refractivity contribution in [3.8, 4) is 5.75 Å². The number of rotatable bonds is 5. The molecule has 1 aromatic carbocycles. The summed E-state index contributed by atoms with van der Waals surface area (Å²) >= 11 is 0. The molecule has 0 aliphatic rings. The second-order valence-corrected chi connectivity index (χ2v) is 3.65. The summed E-state index contributed by atoms with van der Waals surface area (Å²) in [6, 6.07) is 3.79. The van der Waals surface area contributed by atoms with Crippen molar-refractivity contribution in [1.82, 2.24) is 4.90 Å². The van der Waals surface area contributed by atoms with E-state index >= 15 is 0 Å². The number of likely N-dealkylation sites (N-methyl/N-ethyl adjacent to an activating group) is 1. The maximum atomic E-state index is 13.5. The van der Waals surface area contributed by atoms with Crippen molar-refractivity contribution in [3.63, 3.8) is 0 Å². The van der Waals surface area contributed by atoms with Crippen molar-refractivity contribution >= 4 is 11.7 Å². The van der Waals surface area contributed by atoms with E-state index in [2.05, 4.69) is 5.32 Å². The zero-order chi connectivity index (χ0) is 13.5. The first-order valence-electron chi connectivity index (χ1n) is 5.63. The van der Waals surface area contributed by atoms with Crippen molar-refractivity contribution in [1.29, 1.82) is 0 Å². The van der Waals surface area contributed by atoms with E-state index < -0.39 is 11.8 Å². The molecule has 100 valence electrons. The van der Waals surface area contributed by atoms with Crippen LogP contribution < -0.4 is 10.1 Å². The zero-order valence-electron chi connectivity index (χ0n) is 10.4. The summed E-state index contributed by atoms with van der Waals surface area (Å²) in [5.74, 6) is -0.376. The van der Waals surface area contributed by atoms with Gasteiger partial charge < -0.3 is 20.1 Å². The molecule has 2 N–H and O–H groups in total. The average Bonchev–Trinajstić information content (AvgIpc) is 2.33. The standard InChI is InChI=1S/C12H17FN2O3/c1-3-18-11-5-4-9(8-10(11)13)14-12(17)15(2)6-7-16/h4-5,8,16H,3,6-7H2,1-2H3,(H,14,17). The zero-order valence-corrected chi connectivity index (χ0v) is 10.4. The third kappa shape index (κ3) is 3.89. The van der Waals surface area contributed by atoms with Crippen molar-refractivity contribution in [2.75, 3.05) is 32.1 Å². The maximum Gasteiger partial charge on any atom is 0.321 e. The Hall–Kier alpha value is -1.82. The number of aliphatic hydroxyl groups excluding tert-OH is 1. The molecular formula is C12H17FN2O3. The molecule has 0 atom stereocenters. The van der Waals surface area contributed by atoms with E-state index in [-0.39, 0.29) is 18.9 Å². The van der Waals surface area contributed by atoms with E-state index in [1.54, 1.807) is 13.0 Å². The number of urea groups is 1. The number of anilines is 1. The number of amides is 2. The number of halogens is 1. The van der Waals surface area contributed by atoms with Gasteiger partial charge in [-0.05, 0) is 19.1 Å². The Morgan fingerprint density at radius 1 is 1.56 bits per heavy atom. The van der Waals surface area contributed by atoms with Gasteiger partial charge in [0.1, 0.15) is 0 Å². The fourth-order valence-corrected chi connectivity index (χ4v) is 1.32. The van der Waals surface area contributed by atoms with Crippen molar-refractivity contribution in [3.05, 3.63) is 24.0 Å². The van der Waals surface area contributed by atoms with Gasteiger partial charge in [0.05, 0.1) is 13.2 Å². The molecule has 0 heterocycles. The van der Waals surface area contributed by atoms with Gasteiger partial charge in [0.2, 0.25) is 0 Å². The molecule has 0 fully saturated rings. The van der Waals surface area contributed by atoms with Crippen LogP contribution in [0.25, 0.3) is 0 Å². The highest BCUT2D eigenvalue weighted by atomic mass is 19.1. The number of ether oxygens (including phenoxy) is 1. The van der Waals surface area contributed by atoms with E-state index in [1.807, 2.05) is 0 Å². The van der Waals surface area contributed by atoms with Crippen LogP contribution in [0.4, 0.5) is 14.9 Å². The van der Waals surface area contributed by atoms with E-state index in [9.17, 15) is 9.18 Å². The van der Waals surface area contributed by atoms with Crippen molar-refractivity contribution < 1.29 is 19.0 Å². The Kier molecular flexibility index (Phi) is 5.38. The fourth-order valence-electron chi connectivity index (χ4n) is 1.32. The van der Waals surface area contributed by atoms with Crippen LogP contribution in [-0.4, -0.2) is 42.8 Å². The van der Waals surface area contributed by atoms with Crippen LogP contribution in [0.15, 0.2) is 18.2 Å². The molecule has 6 heteroatoms. The molecule has 0 saturated carbocycles. The molecule has 0 aromatic heterocycles. The maximum absolute atomic E-state index is 13.5. The van der Waals surface area contributed by atoms with Gasteiger partial charge in [-0.15, -0.1) is 0 Å². The molecule has 5 nitrogen and oxygen atoms in total. The second-order valence-electron chi connectivity index (χ2n) is 3.65. The molecule has 0 saturated heterocycles. The topological polar surface area (TPSA) is 61.8 Å². The Morgan fingerprint density at radius 2 is 2.28 bits per heavy atom. The lowest BCUT2D eigenvalue weighted by molar-refractivity contribution is 0.202. The SMILES string of the molecule is CCOc1ccc(NC(=O)N(C)CCO)cc1F. The lowest BCUT2D eigenvalue weighted by atomic mass is 10.3. The minimum atomic E-state index is -0.528. The Bertz CT molecular complexity index is 412. The lowest BCUT2D eigenvalue weighted by Gasteiger charge is -2.16. The first-order valence-corrected chi connectivity index (χ1v) is 5.63. The summed E-state index contributed by atoms with van der Waals surface area (Å²) in [5.41, 5.74) is 0.339. The van der Waals surface area contributed by atoms with Crippen molar-refractivity contribution in [2.24, 2.45) is 0 Å². The first kappa shape index (κ1) is 14.2. The Morgan fingerprint density at radius 3 is 2.83 bits per heavy atom. The van der Waals surface area contributed by atoms with E-state index in [1.165, 1.54) is 24.1 Å². The van der Waals surface area contributed by atoms with Crippen LogP contribution in [0, 0.1) is 5.82 Å². The van der Waals surface area contributed by atoms with Crippen LogP contribution in [0.5, 0.6) is 5.75 Å². The monoisotopic (exact) mass is 256 g/mol. The number of nitrogens with zero attached hydrogens (tertiary/aromatic N) is 1. The predicted octanol–water partition coefficient (Wildman–Crippen LogP) is 1.68. The molecule has 18 heavy (non-hydrogen) atoms. The number of carbonyl (C=O) groups is 1. The fraction of sp³-hybridized carbons (Fsp3) is 0.417. The largest absolute Gasteiger partial charge is 0.491 e. The molecule has 0 unspecified atom stereocenters. The van der Waals surface area contributed by atoms with Gasteiger partial charge >= 0.3 is 6.03 Å². The smallest absolute Gasteiger partial charge is 0.321 e. The van der Waals surface area contributed by atoms with Gasteiger partial charge in [0.15, 0.2) is 11.6 Å². The number of nitrogens with one attached hydrogen (secondary N) is 1. The van der Waals surface area contributed by atoms with E-state index in [4.69, 9.17) is 9.84 Å². The van der Waals surface area contributed by atoms with E-state index in [0.717, 1.165) is 0 Å². The molecule has 0 bridgehead atoms. The van der Waals surface area contributed by atoms with Gasteiger partial charge in [-0.2, -0.15) is 0 Å². The molecule has 0 spiro atoms. The number of hydrogen-bond acceptors (Lipinski definition) is 3. The van der Waals surface area contributed by atoms with Gasteiger partial charge in [-0.3, -0.25) is 0 Å². The molecule has 0 radical (unpaired) electrons. The van der Waals surface area contributed by atoms with Gasteiger partial charge in [-0.1, -0.05) is 0 Å². The molecule has 0 aliphatic heterocycles. The molecule has 1 aromatic rings. The van der Waals surface area contributed by atoms with Crippen LogP contribution in [0.3, 0.4) is 0 Å². The molecule has 1 rings (SSSR count). The number of carbonyl (C=O) groups excluding carboxylic acids is 1. The Labute approximate surface area is 105 Å². The summed E-state index contributed by atoms with van der Waals surface area (Å²) < 4.78 is 18.6. The van der Waals surface area contributed by atoms with Gasteiger partial charge in [-0.25, -0.2) is 9.18 Å². The minimum absolute atomic E-state index is 0.123. The van der Waals surface area contributed by atoms with Crippen molar-refractivity contribution in [2.45, 2.75) is 6.92 Å². The summed E-state index contributed by atoms with van der Waals surface area (Å²) in [6.45, 7) is 2.23. The average molecular weight is 256 g/mol. The molecular weight excluding hydrogens is 239 g/mol. The highest BCUT2D eigenvalue weighted by molar-refractivity contribution is 5.89. The lowest BCUT2D eigenvalue weighted by Crippen LogP contribution is -2.33. The quantitative estimate of drug-likeness (QED) is 0.842. The van der Waals surface area contributed by atoms with E-state index in [0.29, 0.717) is 12.3 Å². The summed E-state index contributed by atoms with van der Waals surface area (Å²) in [5, 5.41) is 11.2. The van der Waals surface area contributed by atoms with Crippen LogP contribution in [0.1, 0.15) is 6.92 Å². The van der Waals surface area contributed by atoms with Gasteiger partial charge in [0, 0.05) is 25.3 Å². The minimum Gasteiger partial charge on any atom is -0.491 e. The highest BCUT2D eigenvalue weighted by Gasteiger charge is 2.10. The van der Waals surface area contributed by atoms with Crippen LogP contribution in [0.2, 0.25) is 0 Å². The molecule has 0 aliphatic carbocycles. The number of aliphatic hydroxyl groups is 1.